The van der Waals surface area contributed by atoms with Gasteiger partial charge in [0.15, 0.2) is 0 Å². The van der Waals surface area contributed by atoms with Crippen molar-refractivity contribution >= 4 is 27.9 Å². The van der Waals surface area contributed by atoms with E-state index in [4.69, 9.17) is 11.6 Å². The predicted octanol–water partition coefficient (Wildman–Crippen LogP) is 3.31. The van der Waals surface area contributed by atoms with Crippen molar-refractivity contribution < 1.29 is 0 Å². The average Bonchev–Trinajstić information content (AvgIpc) is 2.87. The lowest BCUT2D eigenvalue weighted by Crippen LogP contribution is -2.24. The van der Waals surface area contributed by atoms with Gasteiger partial charge in [0, 0.05) is 23.7 Å². The fraction of sp³-hybridized carbons (Fsp3) is 0.312. The van der Waals surface area contributed by atoms with Gasteiger partial charge in [0.25, 0.3) is 5.56 Å². The highest BCUT2D eigenvalue weighted by Gasteiger charge is 2.14. The third-order valence-corrected chi connectivity index (χ3v) is 4.86. The number of hydrogen-bond donors (Lipinski definition) is 0. The van der Waals surface area contributed by atoms with Gasteiger partial charge in [-0.1, -0.05) is 35.1 Å². The van der Waals surface area contributed by atoms with E-state index in [9.17, 15) is 4.79 Å². The van der Waals surface area contributed by atoms with Gasteiger partial charge in [-0.15, -0.1) is 0 Å². The molecular formula is C16H17ClN4OS. The van der Waals surface area contributed by atoms with Crippen LogP contribution < -0.4 is 5.56 Å². The Morgan fingerprint density at radius 2 is 2.17 bits per heavy atom. The van der Waals surface area contributed by atoms with Crippen molar-refractivity contribution in [3.8, 4) is 0 Å². The van der Waals surface area contributed by atoms with Crippen molar-refractivity contribution in [1.82, 2.24) is 19.5 Å². The number of rotatable bonds is 4. The molecule has 0 saturated heterocycles. The zero-order valence-electron chi connectivity index (χ0n) is 13.2. The van der Waals surface area contributed by atoms with E-state index in [1.54, 1.807) is 6.07 Å². The van der Waals surface area contributed by atoms with Crippen LogP contribution in [0.3, 0.4) is 0 Å². The molecule has 0 aliphatic carbocycles. The van der Waals surface area contributed by atoms with Crippen LogP contribution in [0.5, 0.6) is 0 Å². The molecule has 0 amide bonds. The molecule has 0 saturated carbocycles. The molecule has 1 atom stereocenters. The molecule has 7 heteroatoms. The first-order chi connectivity index (χ1) is 10.9. The summed E-state index contributed by atoms with van der Waals surface area (Å²) in [6.07, 6.45) is 0. The molecule has 120 valence electrons. The van der Waals surface area contributed by atoms with E-state index in [0.29, 0.717) is 11.5 Å². The van der Waals surface area contributed by atoms with Gasteiger partial charge in [-0.2, -0.15) is 9.61 Å². The summed E-state index contributed by atoms with van der Waals surface area (Å²) in [5.41, 5.74) is 1.74. The molecule has 0 N–H and O–H groups in total. The molecule has 5 nitrogen and oxygen atoms in total. The van der Waals surface area contributed by atoms with Crippen molar-refractivity contribution in [3.05, 3.63) is 62.0 Å². The van der Waals surface area contributed by atoms with E-state index >= 15 is 0 Å². The van der Waals surface area contributed by atoms with Crippen molar-refractivity contribution in [3.63, 3.8) is 0 Å². The minimum atomic E-state index is -0.141. The Hall–Kier alpha value is -1.76. The van der Waals surface area contributed by atoms with Crippen molar-refractivity contribution in [2.75, 3.05) is 7.05 Å². The Labute approximate surface area is 143 Å². The zero-order chi connectivity index (χ0) is 16.6. The highest BCUT2D eigenvalue weighted by atomic mass is 35.5. The number of aryl methyl sites for hydroxylation is 1. The summed E-state index contributed by atoms with van der Waals surface area (Å²) in [5.74, 6) is 0. The number of aromatic nitrogens is 3. The van der Waals surface area contributed by atoms with E-state index in [-0.39, 0.29) is 11.6 Å². The summed E-state index contributed by atoms with van der Waals surface area (Å²) >= 11 is 7.48. The summed E-state index contributed by atoms with van der Waals surface area (Å²) in [4.78, 5) is 19.4. The molecule has 3 rings (SSSR count). The normalized spacial score (nSPS) is 12.9. The van der Waals surface area contributed by atoms with E-state index in [1.165, 1.54) is 15.9 Å². The Morgan fingerprint density at radius 3 is 2.91 bits per heavy atom. The van der Waals surface area contributed by atoms with Gasteiger partial charge in [0.05, 0.1) is 5.69 Å². The highest BCUT2D eigenvalue weighted by Crippen LogP contribution is 2.23. The zero-order valence-corrected chi connectivity index (χ0v) is 14.7. The van der Waals surface area contributed by atoms with Gasteiger partial charge in [0.1, 0.15) is 5.01 Å². The molecule has 0 bridgehead atoms. The van der Waals surface area contributed by atoms with Gasteiger partial charge in [0.2, 0.25) is 4.96 Å². The smallest absolute Gasteiger partial charge is 0.275 e. The number of halogens is 1. The Morgan fingerprint density at radius 1 is 1.39 bits per heavy atom. The van der Waals surface area contributed by atoms with Gasteiger partial charge in [-0.25, -0.2) is 4.98 Å². The molecule has 0 radical (unpaired) electrons. The molecular weight excluding hydrogens is 332 g/mol. The van der Waals surface area contributed by atoms with Gasteiger partial charge in [-0.3, -0.25) is 9.69 Å². The van der Waals surface area contributed by atoms with E-state index in [2.05, 4.69) is 21.9 Å². The van der Waals surface area contributed by atoms with E-state index in [1.807, 2.05) is 38.2 Å². The van der Waals surface area contributed by atoms with E-state index in [0.717, 1.165) is 21.3 Å². The topological polar surface area (TPSA) is 50.5 Å². The summed E-state index contributed by atoms with van der Waals surface area (Å²) < 4.78 is 1.35. The maximum Gasteiger partial charge on any atom is 0.275 e. The largest absolute Gasteiger partial charge is 0.294 e. The van der Waals surface area contributed by atoms with Crippen LogP contribution in [0, 0.1) is 6.92 Å². The lowest BCUT2D eigenvalue weighted by atomic mass is 10.1. The minimum absolute atomic E-state index is 0.141. The Kier molecular flexibility index (Phi) is 4.48. The van der Waals surface area contributed by atoms with Crippen LogP contribution in [0.25, 0.3) is 4.96 Å². The number of fused-ring (bicyclic) bond motifs is 1. The van der Waals surface area contributed by atoms with Crippen molar-refractivity contribution in [1.29, 1.82) is 0 Å². The van der Waals surface area contributed by atoms with Gasteiger partial charge < -0.3 is 0 Å². The maximum absolute atomic E-state index is 12.1. The molecule has 1 unspecified atom stereocenters. The second-order valence-corrected chi connectivity index (χ2v) is 7.14. The first kappa shape index (κ1) is 16.1. The molecule has 0 aliphatic rings. The molecule has 0 fully saturated rings. The summed E-state index contributed by atoms with van der Waals surface area (Å²) in [6.45, 7) is 4.55. The van der Waals surface area contributed by atoms with Crippen LogP contribution in [0.2, 0.25) is 5.02 Å². The van der Waals surface area contributed by atoms with Crippen LogP contribution in [0.1, 0.15) is 29.2 Å². The first-order valence-corrected chi connectivity index (χ1v) is 8.45. The molecule has 0 spiro atoms. The molecule has 3 aromatic rings. The fourth-order valence-electron chi connectivity index (χ4n) is 2.45. The standard InChI is InChI=1S/C16H17ClN4OS/c1-10(12-5-4-6-13(17)7-12)20(3)9-14-8-15(22)21-16(18-14)23-11(2)19-21/h4-8,10H,9H2,1-3H3. The third-order valence-electron chi connectivity index (χ3n) is 3.80. The number of benzene rings is 1. The lowest BCUT2D eigenvalue weighted by Gasteiger charge is -2.24. The highest BCUT2D eigenvalue weighted by molar-refractivity contribution is 7.16. The van der Waals surface area contributed by atoms with E-state index < -0.39 is 0 Å². The lowest BCUT2D eigenvalue weighted by molar-refractivity contribution is 0.250. The van der Waals surface area contributed by atoms with Gasteiger partial charge >= 0.3 is 0 Å². The van der Waals surface area contributed by atoms with Crippen LogP contribution in [-0.2, 0) is 6.54 Å². The van der Waals surface area contributed by atoms with Crippen LogP contribution in [0.4, 0.5) is 0 Å². The summed E-state index contributed by atoms with van der Waals surface area (Å²) in [6, 6.07) is 9.52. The predicted molar refractivity (Wildman–Crippen MR) is 93.2 cm³/mol. The molecule has 2 aromatic heterocycles. The van der Waals surface area contributed by atoms with Crippen LogP contribution in [0.15, 0.2) is 35.1 Å². The second kappa shape index (κ2) is 6.39. The SMILES string of the molecule is Cc1nn2c(=O)cc(CN(C)C(C)c3cccc(Cl)c3)nc2s1. The molecule has 1 aromatic carbocycles. The van der Waals surface area contributed by atoms with Gasteiger partial charge in [-0.05, 0) is 38.6 Å². The Bertz CT molecular complexity index is 904. The first-order valence-electron chi connectivity index (χ1n) is 7.26. The quantitative estimate of drug-likeness (QED) is 0.725. The summed E-state index contributed by atoms with van der Waals surface area (Å²) in [7, 11) is 2.01. The molecule has 0 aliphatic heterocycles. The number of nitrogens with zero attached hydrogens (tertiary/aromatic N) is 4. The Balaban J connectivity index is 1.84. The number of hydrogen-bond acceptors (Lipinski definition) is 5. The summed E-state index contributed by atoms with van der Waals surface area (Å²) in [5, 5.41) is 5.71. The molecule has 2 heterocycles. The molecule has 23 heavy (non-hydrogen) atoms. The van der Waals surface area contributed by atoms with Crippen LogP contribution >= 0.6 is 22.9 Å². The monoisotopic (exact) mass is 348 g/mol. The third kappa shape index (κ3) is 3.44. The van der Waals surface area contributed by atoms with Crippen molar-refractivity contribution in [2.24, 2.45) is 0 Å². The fourth-order valence-corrected chi connectivity index (χ4v) is 3.41. The average molecular weight is 349 g/mol. The maximum atomic E-state index is 12.1. The second-order valence-electron chi connectivity index (χ2n) is 5.55. The minimum Gasteiger partial charge on any atom is -0.294 e. The van der Waals surface area contributed by atoms with Crippen molar-refractivity contribution in [2.45, 2.75) is 26.4 Å². The van der Waals surface area contributed by atoms with Crippen LogP contribution in [-0.4, -0.2) is 26.5 Å².